The molecule has 2 aromatic rings. The predicted octanol–water partition coefficient (Wildman–Crippen LogP) is 3.97. The van der Waals surface area contributed by atoms with Gasteiger partial charge in [0.15, 0.2) is 0 Å². The fourth-order valence-corrected chi connectivity index (χ4v) is 3.57. The number of carbonyl (C=O) groups is 3. The molecule has 0 aliphatic carbocycles. The van der Waals surface area contributed by atoms with Crippen molar-refractivity contribution in [1.29, 1.82) is 0 Å². The number of carbonyl (C=O) groups excluding carboxylic acids is 3. The van der Waals surface area contributed by atoms with Crippen LogP contribution in [0.15, 0.2) is 54.6 Å². The van der Waals surface area contributed by atoms with Crippen molar-refractivity contribution in [2.75, 3.05) is 12.1 Å². The highest BCUT2D eigenvalue weighted by molar-refractivity contribution is 6.00. The van der Waals surface area contributed by atoms with E-state index < -0.39 is 6.04 Å². The topological polar surface area (TPSA) is 102 Å². The number of amides is 2. The molecule has 0 spiro atoms. The van der Waals surface area contributed by atoms with Crippen LogP contribution in [-0.2, 0) is 32.0 Å². The molecule has 0 radical (unpaired) electrons. The standard InChI is InChI=1S/C26H35N3O4.ClH/c1-19(2)18-22(27)26(32)29(23-14-8-7-13-21(23)16-17-25(31)33-3)28-24(30)15-9-12-20-10-5-4-6-11-20;/h4-8,10-11,13-14,19,22H,9,12,15-18,27H2,1-3H3,(H,28,30);1H. The van der Waals surface area contributed by atoms with E-state index in [1.807, 2.05) is 56.3 Å². The van der Waals surface area contributed by atoms with E-state index in [0.29, 0.717) is 24.9 Å². The normalized spacial score (nSPS) is 11.3. The van der Waals surface area contributed by atoms with Crippen LogP contribution in [0.3, 0.4) is 0 Å². The van der Waals surface area contributed by atoms with Crippen LogP contribution < -0.4 is 16.2 Å². The van der Waals surface area contributed by atoms with E-state index in [0.717, 1.165) is 17.5 Å². The summed E-state index contributed by atoms with van der Waals surface area (Å²) < 4.78 is 4.74. The van der Waals surface area contributed by atoms with E-state index >= 15 is 0 Å². The third kappa shape index (κ3) is 9.53. The van der Waals surface area contributed by atoms with Crippen molar-refractivity contribution in [3.05, 3.63) is 65.7 Å². The van der Waals surface area contributed by atoms with Crippen molar-refractivity contribution in [2.24, 2.45) is 11.7 Å². The summed E-state index contributed by atoms with van der Waals surface area (Å²) in [6.45, 7) is 3.98. The first-order valence-corrected chi connectivity index (χ1v) is 11.4. The largest absolute Gasteiger partial charge is 0.469 e. The molecule has 1 atom stereocenters. The first-order chi connectivity index (χ1) is 15.8. The smallest absolute Gasteiger partial charge is 0.305 e. The van der Waals surface area contributed by atoms with Gasteiger partial charge in [-0.05, 0) is 48.8 Å². The molecule has 0 saturated heterocycles. The molecule has 186 valence electrons. The van der Waals surface area contributed by atoms with Crippen LogP contribution in [0.4, 0.5) is 5.69 Å². The Hall–Kier alpha value is -2.90. The Labute approximate surface area is 208 Å². The van der Waals surface area contributed by atoms with Crippen molar-refractivity contribution in [2.45, 2.75) is 58.4 Å². The van der Waals surface area contributed by atoms with Gasteiger partial charge < -0.3 is 10.5 Å². The van der Waals surface area contributed by atoms with Crippen LogP contribution in [0.5, 0.6) is 0 Å². The first-order valence-electron chi connectivity index (χ1n) is 11.4. The van der Waals surface area contributed by atoms with Gasteiger partial charge in [-0.25, -0.2) is 5.01 Å². The summed E-state index contributed by atoms with van der Waals surface area (Å²) in [4.78, 5) is 37.7. The number of esters is 1. The molecule has 0 fully saturated rings. The Balaban J connectivity index is 0.00000578. The second-order valence-corrected chi connectivity index (χ2v) is 8.49. The minimum Gasteiger partial charge on any atom is -0.469 e. The quantitative estimate of drug-likeness (QED) is 0.367. The molecular weight excluding hydrogens is 454 g/mol. The number of nitrogens with one attached hydrogen (secondary N) is 1. The Bertz CT molecular complexity index is 921. The summed E-state index contributed by atoms with van der Waals surface area (Å²) in [5.74, 6) is -0.768. The van der Waals surface area contributed by atoms with Gasteiger partial charge in [0, 0.05) is 12.8 Å². The number of aryl methyl sites for hydroxylation is 2. The second kappa shape index (κ2) is 15.1. The zero-order valence-corrected chi connectivity index (χ0v) is 21.0. The molecule has 2 aromatic carbocycles. The summed E-state index contributed by atoms with van der Waals surface area (Å²) in [5, 5.41) is 1.25. The van der Waals surface area contributed by atoms with Crippen molar-refractivity contribution in [1.82, 2.24) is 5.43 Å². The highest BCUT2D eigenvalue weighted by atomic mass is 35.5. The van der Waals surface area contributed by atoms with Crippen LogP contribution in [0.2, 0.25) is 0 Å². The minimum absolute atomic E-state index is 0. The molecule has 0 aliphatic rings. The van der Waals surface area contributed by atoms with E-state index in [1.165, 1.54) is 12.1 Å². The lowest BCUT2D eigenvalue weighted by Gasteiger charge is -2.28. The number of anilines is 1. The molecule has 0 bridgehead atoms. The van der Waals surface area contributed by atoms with Gasteiger partial charge >= 0.3 is 5.97 Å². The number of nitrogens with zero attached hydrogens (tertiary/aromatic N) is 1. The molecule has 1 unspecified atom stereocenters. The van der Waals surface area contributed by atoms with Crippen molar-refractivity contribution in [3.8, 4) is 0 Å². The van der Waals surface area contributed by atoms with E-state index in [9.17, 15) is 14.4 Å². The number of rotatable bonds is 11. The van der Waals surface area contributed by atoms with Crippen LogP contribution >= 0.6 is 12.4 Å². The molecule has 0 aromatic heterocycles. The molecule has 7 nitrogen and oxygen atoms in total. The average Bonchev–Trinajstić information content (AvgIpc) is 2.81. The fourth-order valence-electron chi connectivity index (χ4n) is 3.57. The molecule has 0 aliphatic heterocycles. The molecule has 3 N–H and O–H groups in total. The summed E-state index contributed by atoms with van der Waals surface area (Å²) in [6, 6.07) is 16.4. The van der Waals surface area contributed by atoms with Crippen molar-refractivity contribution in [3.63, 3.8) is 0 Å². The number of hydrogen-bond acceptors (Lipinski definition) is 5. The molecule has 2 rings (SSSR count). The Morgan fingerprint density at radius 3 is 2.26 bits per heavy atom. The molecule has 2 amide bonds. The zero-order valence-electron chi connectivity index (χ0n) is 20.2. The summed E-state index contributed by atoms with van der Waals surface area (Å²) in [6.07, 6.45) is 2.71. The highest BCUT2D eigenvalue weighted by Gasteiger charge is 2.26. The SMILES string of the molecule is COC(=O)CCc1ccccc1N(NC(=O)CCCc1ccccc1)C(=O)C(N)CC(C)C.Cl. The zero-order chi connectivity index (χ0) is 24.2. The van der Waals surface area contributed by atoms with Crippen LogP contribution in [0, 0.1) is 5.92 Å². The Morgan fingerprint density at radius 1 is 0.971 bits per heavy atom. The van der Waals surface area contributed by atoms with Gasteiger partial charge in [0.2, 0.25) is 5.91 Å². The van der Waals surface area contributed by atoms with Gasteiger partial charge in [0.05, 0.1) is 18.8 Å². The number of halogens is 1. The molecule has 8 heteroatoms. The number of para-hydroxylation sites is 1. The third-order valence-electron chi connectivity index (χ3n) is 5.27. The molecule has 0 saturated carbocycles. The van der Waals surface area contributed by atoms with Crippen molar-refractivity contribution >= 4 is 35.9 Å². The maximum Gasteiger partial charge on any atom is 0.305 e. The van der Waals surface area contributed by atoms with Crippen LogP contribution in [0.25, 0.3) is 0 Å². The van der Waals surface area contributed by atoms with Gasteiger partial charge in [0.1, 0.15) is 0 Å². The average molecular weight is 490 g/mol. The number of nitrogens with two attached hydrogens (primary N) is 1. The van der Waals surface area contributed by atoms with E-state index in [1.54, 1.807) is 12.1 Å². The number of hydrazine groups is 1. The Kier molecular flexibility index (Phi) is 12.9. The summed E-state index contributed by atoms with van der Waals surface area (Å²) in [5.41, 5.74) is 11.4. The second-order valence-electron chi connectivity index (χ2n) is 8.49. The van der Waals surface area contributed by atoms with Crippen molar-refractivity contribution < 1.29 is 19.1 Å². The number of hydrogen-bond donors (Lipinski definition) is 2. The Morgan fingerprint density at radius 2 is 1.62 bits per heavy atom. The van der Waals surface area contributed by atoms with Gasteiger partial charge in [-0.2, -0.15) is 0 Å². The van der Waals surface area contributed by atoms with E-state index in [4.69, 9.17) is 10.5 Å². The maximum atomic E-state index is 13.3. The maximum absolute atomic E-state index is 13.3. The van der Waals surface area contributed by atoms with Crippen LogP contribution in [-0.4, -0.2) is 30.9 Å². The molecule has 34 heavy (non-hydrogen) atoms. The number of benzene rings is 2. The van der Waals surface area contributed by atoms with E-state index in [2.05, 4.69) is 5.43 Å². The minimum atomic E-state index is -0.761. The summed E-state index contributed by atoms with van der Waals surface area (Å²) in [7, 11) is 1.34. The van der Waals surface area contributed by atoms with Gasteiger partial charge in [0.25, 0.3) is 5.91 Å². The third-order valence-corrected chi connectivity index (χ3v) is 5.27. The fraction of sp³-hybridized carbons (Fsp3) is 0.423. The molecule has 0 heterocycles. The van der Waals surface area contributed by atoms with Gasteiger partial charge in [-0.3, -0.25) is 19.8 Å². The summed E-state index contributed by atoms with van der Waals surface area (Å²) >= 11 is 0. The number of methoxy groups -OCH3 is 1. The van der Waals surface area contributed by atoms with Gasteiger partial charge in [-0.15, -0.1) is 12.4 Å². The lowest BCUT2D eigenvalue weighted by atomic mass is 10.0. The number of ether oxygens (including phenoxy) is 1. The van der Waals surface area contributed by atoms with E-state index in [-0.39, 0.29) is 49.0 Å². The lowest BCUT2D eigenvalue weighted by molar-refractivity contribution is -0.140. The lowest BCUT2D eigenvalue weighted by Crippen LogP contribution is -2.53. The van der Waals surface area contributed by atoms with Gasteiger partial charge in [-0.1, -0.05) is 62.4 Å². The van der Waals surface area contributed by atoms with Crippen LogP contribution in [0.1, 0.15) is 50.7 Å². The predicted molar refractivity (Wildman–Crippen MR) is 136 cm³/mol. The first kappa shape index (κ1) is 29.1. The highest BCUT2D eigenvalue weighted by Crippen LogP contribution is 2.22. The monoisotopic (exact) mass is 489 g/mol. The molecular formula is C26H36ClN3O4.